The van der Waals surface area contributed by atoms with Crippen LogP contribution in [0.15, 0.2) is 63.2 Å². The van der Waals surface area contributed by atoms with E-state index < -0.39 is 0 Å². The van der Waals surface area contributed by atoms with E-state index in [1.165, 1.54) is 6.34 Å². The van der Waals surface area contributed by atoms with E-state index in [1.807, 2.05) is 6.92 Å². The molecule has 2 aromatic rings. The van der Waals surface area contributed by atoms with Crippen molar-refractivity contribution in [3.8, 4) is 5.75 Å². The Hall–Kier alpha value is -3.29. The fourth-order valence-corrected chi connectivity index (χ4v) is 5.27. The smallest absolute Gasteiger partial charge is 0.136 e. The van der Waals surface area contributed by atoms with Gasteiger partial charge < -0.3 is 9.72 Å². The zero-order valence-electron chi connectivity index (χ0n) is 21.0. The first kappa shape index (κ1) is 24.8. The predicted molar refractivity (Wildman–Crippen MR) is 145 cm³/mol. The highest BCUT2D eigenvalue weighted by Gasteiger charge is 2.35. The normalized spacial score (nSPS) is 25.4. The lowest BCUT2D eigenvalue weighted by Gasteiger charge is -2.23. The lowest BCUT2D eigenvalue weighted by atomic mass is 9.81. The summed E-state index contributed by atoms with van der Waals surface area (Å²) in [6.45, 7) is 13.5. The molecule has 0 saturated carbocycles. The number of fused-ring (bicyclic) bond motifs is 1. The second kappa shape index (κ2) is 11.0. The van der Waals surface area contributed by atoms with Crippen LogP contribution in [0.5, 0.6) is 5.75 Å². The summed E-state index contributed by atoms with van der Waals surface area (Å²) < 4.78 is 5.89. The van der Waals surface area contributed by atoms with Crippen molar-refractivity contribution < 1.29 is 9.57 Å². The van der Waals surface area contributed by atoms with Gasteiger partial charge >= 0.3 is 0 Å². The molecule has 1 aliphatic heterocycles. The number of nitrogens with one attached hydrogen (secondary N) is 2. The summed E-state index contributed by atoms with van der Waals surface area (Å²) >= 11 is 0. The molecule has 1 fully saturated rings. The number of aliphatic imine (C=N–C) groups is 3. The molecule has 184 valence electrons. The number of ether oxygens (including phenoxy) is 1. The number of hydrogen-bond donors (Lipinski definition) is 2. The van der Waals surface area contributed by atoms with Gasteiger partial charge in [-0.15, -0.1) is 0 Å². The summed E-state index contributed by atoms with van der Waals surface area (Å²) in [6.07, 6.45) is 14.2. The first-order valence-electron chi connectivity index (χ1n) is 12.1. The third-order valence-electron chi connectivity index (χ3n) is 7.05. The number of nitrogens with zero attached hydrogens (tertiary/aromatic N) is 3. The van der Waals surface area contributed by atoms with Crippen LogP contribution < -0.4 is 10.2 Å². The van der Waals surface area contributed by atoms with Crippen molar-refractivity contribution in [2.75, 3.05) is 7.11 Å². The van der Waals surface area contributed by atoms with Gasteiger partial charge in [0.2, 0.25) is 0 Å². The van der Waals surface area contributed by atoms with Crippen molar-refractivity contribution >= 4 is 36.5 Å². The monoisotopic (exact) mass is 473 g/mol. The van der Waals surface area contributed by atoms with Crippen molar-refractivity contribution in [3.63, 3.8) is 0 Å². The maximum absolute atomic E-state index is 5.89. The van der Waals surface area contributed by atoms with Crippen LogP contribution in [0.4, 0.5) is 5.82 Å². The fraction of sp³-hybridized carbons (Fsp3) is 0.393. The van der Waals surface area contributed by atoms with Gasteiger partial charge in [0.05, 0.1) is 13.2 Å². The van der Waals surface area contributed by atoms with Crippen LogP contribution in [-0.2, 0) is 11.3 Å². The topological polar surface area (TPSA) is 83.4 Å². The lowest BCUT2D eigenvalue weighted by Crippen LogP contribution is -2.22. The van der Waals surface area contributed by atoms with Gasteiger partial charge in [-0.2, -0.15) is 5.48 Å². The number of aromatic nitrogens is 1. The first-order chi connectivity index (χ1) is 17.0. The highest BCUT2D eigenvalue weighted by Crippen LogP contribution is 2.42. The summed E-state index contributed by atoms with van der Waals surface area (Å²) in [5, 5.41) is 1.09. The van der Waals surface area contributed by atoms with Crippen molar-refractivity contribution in [2.45, 2.75) is 51.7 Å². The Kier molecular flexibility index (Phi) is 7.78. The molecular weight excluding hydrogens is 438 g/mol. The Morgan fingerprint density at radius 3 is 2.74 bits per heavy atom. The average molecular weight is 474 g/mol. The molecular formula is C28H35N5O2. The molecule has 1 aromatic carbocycles. The van der Waals surface area contributed by atoms with Crippen LogP contribution >= 0.6 is 0 Å². The van der Waals surface area contributed by atoms with Crippen LogP contribution in [-0.4, -0.2) is 44.0 Å². The van der Waals surface area contributed by atoms with Crippen LogP contribution in [0.2, 0.25) is 0 Å². The fourth-order valence-electron chi connectivity index (χ4n) is 5.27. The molecule has 1 aliphatic carbocycles. The van der Waals surface area contributed by atoms with Gasteiger partial charge in [0, 0.05) is 39.7 Å². The number of hydrogen-bond acceptors (Lipinski definition) is 5. The molecule has 7 nitrogen and oxygen atoms in total. The zero-order valence-corrected chi connectivity index (χ0v) is 21.0. The third-order valence-corrected chi connectivity index (χ3v) is 7.05. The zero-order chi connectivity index (χ0) is 24.9. The average Bonchev–Trinajstić information content (AvgIpc) is 3.39. The highest BCUT2D eigenvalue weighted by atomic mass is 16.7. The lowest BCUT2D eigenvalue weighted by molar-refractivity contribution is 0.0353. The van der Waals surface area contributed by atoms with E-state index >= 15 is 0 Å². The van der Waals surface area contributed by atoms with Gasteiger partial charge in [-0.1, -0.05) is 30.4 Å². The van der Waals surface area contributed by atoms with Crippen molar-refractivity contribution in [2.24, 2.45) is 26.8 Å². The van der Waals surface area contributed by atoms with Crippen LogP contribution in [0.3, 0.4) is 0 Å². The third kappa shape index (κ3) is 5.21. The standard InChI is InChI=1S/C28H35N5O2/c1-17(30-5)12-21(20-10-8-7-9-11-20)13-23-22-15-26(34-6)24(27-18(2)33-35-19(27)3)14-25(22)32-28(23)31-16-29-4/h7-10,12,14-16,18-21,27,32-33H,4-5,11,13H2,1-3,6H3/b17-12-,31-16-/t18-,19?,20?,21-,27+/m1/s1. The number of aromatic amines is 1. The minimum absolute atomic E-state index is 0.0308. The molecule has 2 aliphatic rings. The number of rotatable bonds is 9. The summed E-state index contributed by atoms with van der Waals surface area (Å²) in [6, 6.07) is 4.48. The van der Waals surface area contributed by atoms with E-state index in [2.05, 4.69) is 95.2 Å². The Morgan fingerprint density at radius 2 is 2.11 bits per heavy atom. The second-order valence-electron chi connectivity index (χ2n) is 9.32. The Bertz CT molecular complexity index is 1200. The van der Waals surface area contributed by atoms with Gasteiger partial charge in [0.25, 0.3) is 0 Å². The Balaban J connectivity index is 1.84. The molecule has 2 N–H and O–H groups in total. The van der Waals surface area contributed by atoms with Gasteiger partial charge in [-0.05, 0) is 71.0 Å². The van der Waals surface area contributed by atoms with E-state index in [9.17, 15) is 0 Å². The van der Waals surface area contributed by atoms with E-state index in [0.29, 0.717) is 5.92 Å². The molecule has 7 heteroatoms. The van der Waals surface area contributed by atoms with Crippen LogP contribution in [0, 0.1) is 11.8 Å². The number of allylic oxidation sites excluding steroid dienone is 6. The van der Waals surface area contributed by atoms with Crippen LogP contribution in [0.1, 0.15) is 44.2 Å². The number of methoxy groups -OCH3 is 1. The maximum Gasteiger partial charge on any atom is 0.136 e. The maximum atomic E-state index is 5.89. The predicted octanol–water partition coefficient (Wildman–Crippen LogP) is 5.83. The molecule has 2 unspecified atom stereocenters. The minimum atomic E-state index is 0.0308. The van der Waals surface area contributed by atoms with E-state index in [-0.39, 0.29) is 24.0 Å². The molecule has 5 atom stereocenters. The Morgan fingerprint density at radius 1 is 1.29 bits per heavy atom. The summed E-state index contributed by atoms with van der Waals surface area (Å²) in [4.78, 5) is 21.8. The molecule has 1 saturated heterocycles. The minimum Gasteiger partial charge on any atom is -0.496 e. The molecule has 0 spiro atoms. The molecule has 0 radical (unpaired) electrons. The second-order valence-corrected chi connectivity index (χ2v) is 9.32. The number of hydroxylamine groups is 1. The number of H-pyrrole nitrogens is 1. The summed E-state index contributed by atoms with van der Waals surface area (Å²) in [7, 11) is 1.72. The van der Waals surface area contributed by atoms with E-state index in [0.717, 1.165) is 52.1 Å². The van der Waals surface area contributed by atoms with E-state index in [4.69, 9.17) is 9.57 Å². The SMILES string of the molecule is C=N/C=N\c1[nH]c2cc([C@@H]3C(C)ON[C@@H]3C)c(OC)cc2c1C[C@@H](/C=C(/C)N=C)C1C=CC=CC1. The van der Waals surface area contributed by atoms with Crippen molar-refractivity contribution in [1.82, 2.24) is 10.5 Å². The quantitative estimate of drug-likeness (QED) is 0.355. The summed E-state index contributed by atoms with van der Waals surface area (Å²) in [5.74, 6) is 2.39. The largest absolute Gasteiger partial charge is 0.496 e. The molecule has 1 aromatic heterocycles. The highest BCUT2D eigenvalue weighted by molar-refractivity contribution is 5.91. The van der Waals surface area contributed by atoms with Gasteiger partial charge in [0.1, 0.15) is 17.9 Å². The van der Waals surface area contributed by atoms with Crippen LogP contribution in [0.25, 0.3) is 10.9 Å². The molecule has 2 heterocycles. The molecule has 35 heavy (non-hydrogen) atoms. The van der Waals surface area contributed by atoms with Gasteiger partial charge in [0.15, 0.2) is 0 Å². The summed E-state index contributed by atoms with van der Waals surface area (Å²) in [5.41, 5.74) is 7.27. The van der Waals surface area contributed by atoms with E-state index in [1.54, 1.807) is 7.11 Å². The Labute approximate surface area is 207 Å². The molecule has 4 rings (SSSR count). The van der Waals surface area contributed by atoms with Crippen molar-refractivity contribution in [1.29, 1.82) is 0 Å². The van der Waals surface area contributed by atoms with Crippen molar-refractivity contribution in [3.05, 3.63) is 59.3 Å². The molecule has 0 amide bonds. The number of benzene rings is 1. The molecule has 0 bridgehead atoms. The van der Waals surface area contributed by atoms with Gasteiger partial charge in [-0.25, -0.2) is 4.99 Å². The first-order valence-corrected chi connectivity index (χ1v) is 12.1. The van der Waals surface area contributed by atoms with Gasteiger partial charge in [-0.3, -0.25) is 14.8 Å².